The summed E-state index contributed by atoms with van der Waals surface area (Å²) in [5.41, 5.74) is 4.73. The van der Waals surface area contributed by atoms with Gasteiger partial charge in [0.2, 0.25) is 0 Å². The van der Waals surface area contributed by atoms with E-state index in [1.54, 1.807) is 0 Å². The molecule has 0 amide bonds. The van der Waals surface area contributed by atoms with E-state index in [-0.39, 0.29) is 16.2 Å². The highest BCUT2D eigenvalue weighted by atomic mass is 32.1. The van der Waals surface area contributed by atoms with E-state index in [1.807, 2.05) is 30.3 Å². The first-order valence-corrected chi connectivity index (χ1v) is 12.1. The number of thiazole rings is 1. The molecule has 2 aromatic carbocycles. The number of hydrogen-bond acceptors (Lipinski definition) is 7. The van der Waals surface area contributed by atoms with Crippen LogP contribution in [0.25, 0.3) is 31.8 Å². The van der Waals surface area contributed by atoms with Gasteiger partial charge in [-0.1, -0.05) is 19.1 Å². The maximum absolute atomic E-state index is 13.3. The molecule has 0 N–H and O–H groups in total. The average molecular weight is 460 g/mol. The third kappa shape index (κ3) is 2.69. The fourth-order valence-electron chi connectivity index (χ4n) is 5.17. The standard InChI is InChI=1S/C25H21N3O2S2/c1-13-7-9-28-10-8-25(2,31)16-11-14-15(12-26)20(24(29)30-22(14)19(13)21(16)28)23-27-17-5-3-4-6-18(17)32-23/h3-6,11,13,31H,7-10H2,1-2H3. The number of nitriles is 1. The van der Waals surface area contributed by atoms with Crippen molar-refractivity contribution in [2.24, 2.45) is 0 Å². The van der Waals surface area contributed by atoms with Gasteiger partial charge in [0.25, 0.3) is 0 Å². The summed E-state index contributed by atoms with van der Waals surface area (Å²) in [4.78, 5) is 20.3. The molecule has 5 nitrogen and oxygen atoms in total. The molecule has 2 aliphatic rings. The molecule has 4 aromatic rings. The number of thiol groups is 1. The molecule has 2 aromatic heterocycles. The number of rotatable bonds is 1. The Morgan fingerprint density at radius 1 is 1.34 bits per heavy atom. The van der Waals surface area contributed by atoms with Crippen LogP contribution < -0.4 is 10.5 Å². The van der Waals surface area contributed by atoms with Gasteiger partial charge in [0.05, 0.1) is 15.8 Å². The predicted octanol–water partition coefficient (Wildman–Crippen LogP) is 5.80. The summed E-state index contributed by atoms with van der Waals surface area (Å²) in [6.45, 7) is 6.21. The Morgan fingerprint density at radius 2 is 2.16 bits per heavy atom. The first-order valence-electron chi connectivity index (χ1n) is 10.8. The molecule has 160 valence electrons. The lowest BCUT2D eigenvalue weighted by atomic mass is 9.80. The van der Waals surface area contributed by atoms with Crippen LogP contribution in [0.2, 0.25) is 0 Å². The highest BCUT2D eigenvalue weighted by Gasteiger charge is 2.39. The molecule has 32 heavy (non-hydrogen) atoms. The number of aromatic nitrogens is 1. The molecule has 2 aliphatic heterocycles. The number of fused-ring (bicyclic) bond motifs is 3. The zero-order valence-corrected chi connectivity index (χ0v) is 19.5. The largest absolute Gasteiger partial charge is 0.422 e. The predicted molar refractivity (Wildman–Crippen MR) is 132 cm³/mol. The van der Waals surface area contributed by atoms with Crippen molar-refractivity contribution in [2.45, 2.75) is 37.4 Å². The van der Waals surface area contributed by atoms with Crippen molar-refractivity contribution in [3.63, 3.8) is 0 Å². The SMILES string of the molecule is CC1CCN2CCC(C)(S)c3cc4c(C#N)c(-c5nc6ccccc6s5)c(=O)oc4c1c32. The second kappa shape index (κ2) is 6.84. The molecular weight excluding hydrogens is 438 g/mol. The Bertz CT molecular complexity index is 1490. The van der Waals surface area contributed by atoms with Crippen LogP contribution in [-0.4, -0.2) is 18.1 Å². The first kappa shape index (κ1) is 19.8. The van der Waals surface area contributed by atoms with Gasteiger partial charge in [-0.15, -0.1) is 11.3 Å². The minimum Gasteiger partial charge on any atom is -0.422 e. The second-order valence-corrected chi connectivity index (χ2v) is 11.0. The lowest BCUT2D eigenvalue weighted by molar-refractivity contribution is 0.511. The number of anilines is 1. The van der Waals surface area contributed by atoms with Crippen LogP contribution in [0.4, 0.5) is 5.69 Å². The maximum atomic E-state index is 13.3. The van der Waals surface area contributed by atoms with Crippen molar-refractivity contribution in [2.75, 3.05) is 18.0 Å². The molecule has 0 saturated heterocycles. The monoisotopic (exact) mass is 459 g/mol. The summed E-state index contributed by atoms with van der Waals surface area (Å²) in [6.07, 6.45) is 1.91. The zero-order valence-electron chi connectivity index (χ0n) is 17.8. The third-order valence-corrected chi connectivity index (χ3v) is 8.43. The van der Waals surface area contributed by atoms with E-state index in [9.17, 15) is 10.1 Å². The van der Waals surface area contributed by atoms with E-state index in [4.69, 9.17) is 17.0 Å². The van der Waals surface area contributed by atoms with Gasteiger partial charge in [-0.05, 0) is 49.4 Å². The number of nitrogens with zero attached hydrogens (tertiary/aromatic N) is 3. The first-order chi connectivity index (χ1) is 15.4. The van der Waals surface area contributed by atoms with Crippen molar-refractivity contribution in [1.82, 2.24) is 4.98 Å². The molecule has 7 heteroatoms. The molecule has 0 radical (unpaired) electrons. The van der Waals surface area contributed by atoms with Crippen LogP contribution in [0.1, 0.15) is 49.3 Å². The molecule has 0 bridgehead atoms. The minimum atomic E-state index is -0.502. The van der Waals surface area contributed by atoms with Crippen molar-refractivity contribution >= 4 is 50.8 Å². The fraction of sp³-hybridized carbons (Fsp3) is 0.320. The molecular formula is C25H21N3O2S2. The Balaban J connectivity index is 1.74. The van der Waals surface area contributed by atoms with Gasteiger partial charge >= 0.3 is 5.63 Å². The summed E-state index contributed by atoms with van der Waals surface area (Å²) >= 11 is 6.41. The molecule has 4 heterocycles. The summed E-state index contributed by atoms with van der Waals surface area (Å²) in [6, 6.07) is 12.1. The van der Waals surface area contributed by atoms with Gasteiger partial charge in [-0.3, -0.25) is 0 Å². The fourth-order valence-corrected chi connectivity index (χ4v) is 6.44. The molecule has 0 fully saturated rings. The van der Waals surface area contributed by atoms with Gasteiger partial charge in [0.1, 0.15) is 22.2 Å². The van der Waals surface area contributed by atoms with Crippen LogP contribution in [0.3, 0.4) is 0 Å². The molecule has 2 unspecified atom stereocenters. The minimum absolute atomic E-state index is 0.230. The van der Waals surface area contributed by atoms with Gasteiger partial charge in [-0.25, -0.2) is 9.78 Å². The van der Waals surface area contributed by atoms with Crippen molar-refractivity contribution in [3.8, 4) is 16.6 Å². The van der Waals surface area contributed by atoms with E-state index in [1.165, 1.54) is 11.3 Å². The van der Waals surface area contributed by atoms with E-state index in [2.05, 4.69) is 29.8 Å². The Hall–Kier alpha value is -2.82. The molecule has 0 spiro atoms. The van der Waals surface area contributed by atoms with Crippen LogP contribution in [-0.2, 0) is 4.75 Å². The van der Waals surface area contributed by atoms with Crippen LogP contribution in [0.5, 0.6) is 0 Å². The van der Waals surface area contributed by atoms with E-state index in [0.29, 0.717) is 21.5 Å². The van der Waals surface area contributed by atoms with Gasteiger partial charge < -0.3 is 9.32 Å². The smallest absolute Gasteiger partial charge is 0.348 e. The number of hydrogen-bond donors (Lipinski definition) is 1. The van der Waals surface area contributed by atoms with Crippen molar-refractivity contribution in [1.29, 1.82) is 5.26 Å². The van der Waals surface area contributed by atoms with Crippen LogP contribution >= 0.6 is 24.0 Å². The van der Waals surface area contributed by atoms with Gasteiger partial charge in [0.15, 0.2) is 0 Å². The Labute approximate surface area is 194 Å². The lowest BCUT2D eigenvalue weighted by Gasteiger charge is -2.44. The summed E-state index contributed by atoms with van der Waals surface area (Å²) in [5.74, 6) is 0.230. The Kier molecular flexibility index (Phi) is 4.24. The molecule has 6 rings (SSSR count). The lowest BCUT2D eigenvalue weighted by Crippen LogP contribution is -2.40. The number of para-hydroxylation sites is 1. The highest BCUT2D eigenvalue weighted by molar-refractivity contribution is 7.81. The number of benzene rings is 2. The average Bonchev–Trinajstić information content (AvgIpc) is 3.20. The molecule has 0 aliphatic carbocycles. The van der Waals surface area contributed by atoms with Gasteiger partial charge in [0, 0.05) is 34.5 Å². The Morgan fingerprint density at radius 3 is 2.94 bits per heavy atom. The molecule has 2 atom stereocenters. The van der Waals surface area contributed by atoms with Crippen molar-refractivity contribution < 1.29 is 4.42 Å². The second-order valence-electron chi connectivity index (χ2n) is 9.00. The maximum Gasteiger partial charge on any atom is 0.348 e. The highest BCUT2D eigenvalue weighted by Crippen LogP contribution is 2.51. The van der Waals surface area contributed by atoms with Gasteiger partial charge in [-0.2, -0.15) is 17.9 Å². The summed E-state index contributed by atoms with van der Waals surface area (Å²) in [7, 11) is 0. The van der Waals surface area contributed by atoms with E-state index in [0.717, 1.165) is 53.0 Å². The topological polar surface area (TPSA) is 70.1 Å². The summed E-state index contributed by atoms with van der Waals surface area (Å²) in [5, 5.41) is 11.4. The van der Waals surface area contributed by atoms with Crippen molar-refractivity contribution in [3.05, 3.63) is 57.4 Å². The van der Waals surface area contributed by atoms with E-state index < -0.39 is 5.63 Å². The van der Waals surface area contributed by atoms with Crippen LogP contribution in [0, 0.1) is 11.3 Å². The zero-order chi connectivity index (χ0) is 22.2. The van der Waals surface area contributed by atoms with Crippen LogP contribution in [0.15, 0.2) is 39.5 Å². The quantitative estimate of drug-likeness (QED) is 0.288. The normalized spacial score (nSPS) is 22.2. The molecule has 0 saturated carbocycles. The summed E-state index contributed by atoms with van der Waals surface area (Å²) < 4.78 is 6.66. The third-order valence-electron chi connectivity index (χ3n) is 6.92. The van der Waals surface area contributed by atoms with E-state index >= 15 is 0 Å².